The molecule has 3 heterocycles. The number of carbonyl (C=O) groups excluding carboxylic acids is 1. The Morgan fingerprint density at radius 2 is 2.33 bits per heavy atom. The largest absolute Gasteiger partial charge is 0.371 e. The zero-order chi connectivity index (χ0) is 15.0. The Kier molecular flexibility index (Phi) is 3.73. The molecule has 0 bridgehead atoms. The quantitative estimate of drug-likeness (QED) is 0.920. The van der Waals surface area contributed by atoms with Gasteiger partial charge >= 0.3 is 0 Å². The van der Waals surface area contributed by atoms with E-state index in [1.807, 2.05) is 25.6 Å². The third-order valence-corrected chi connectivity index (χ3v) is 4.51. The summed E-state index contributed by atoms with van der Waals surface area (Å²) in [6, 6.07) is -0.0544. The molecule has 7 nitrogen and oxygen atoms in total. The molecule has 8 heteroatoms. The van der Waals surface area contributed by atoms with Crippen molar-refractivity contribution in [3.63, 3.8) is 0 Å². The van der Waals surface area contributed by atoms with Crippen LogP contribution in [0.2, 0.25) is 0 Å². The maximum absolute atomic E-state index is 12.2. The second-order valence-corrected chi connectivity index (χ2v) is 5.94. The molecule has 1 amide bonds. The van der Waals surface area contributed by atoms with E-state index in [0.717, 1.165) is 34.9 Å². The minimum absolute atomic E-state index is 0.0544. The van der Waals surface area contributed by atoms with Crippen LogP contribution >= 0.6 is 11.5 Å². The Morgan fingerprint density at radius 3 is 2.95 bits per heavy atom. The monoisotopic (exact) mass is 307 g/mol. The number of rotatable bonds is 3. The van der Waals surface area contributed by atoms with Gasteiger partial charge in [0, 0.05) is 24.9 Å². The highest BCUT2D eigenvalue weighted by Crippen LogP contribution is 2.33. The van der Waals surface area contributed by atoms with Gasteiger partial charge in [-0.2, -0.15) is 5.10 Å². The smallest absolute Gasteiger partial charge is 0.264 e. The number of nitrogens with one attached hydrogen (secondary N) is 1. The lowest BCUT2D eigenvalue weighted by Gasteiger charge is -2.20. The van der Waals surface area contributed by atoms with Crippen LogP contribution < -0.4 is 5.32 Å². The summed E-state index contributed by atoms with van der Waals surface area (Å²) in [7, 11) is 1.91. The van der Waals surface area contributed by atoms with E-state index in [4.69, 9.17) is 4.74 Å². The number of aryl methyl sites for hydroxylation is 2. The normalized spacial score (nSPS) is 21.7. The molecule has 2 atom stereocenters. The zero-order valence-electron chi connectivity index (χ0n) is 12.2. The molecule has 1 aliphatic rings. The molecule has 2 aromatic heterocycles. The first kappa shape index (κ1) is 14.2. The molecule has 0 spiro atoms. The fraction of sp³-hybridized carbons (Fsp3) is 0.538. The Bertz CT molecular complexity index is 652. The van der Waals surface area contributed by atoms with Gasteiger partial charge in [-0.1, -0.05) is 4.49 Å². The first-order chi connectivity index (χ1) is 10.1. The number of hydrogen-bond acceptors (Lipinski definition) is 6. The molecule has 2 aromatic rings. The van der Waals surface area contributed by atoms with Gasteiger partial charge in [0.25, 0.3) is 5.91 Å². The van der Waals surface area contributed by atoms with Gasteiger partial charge in [-0.05, 0) is 31.8 Å². The van der Waals surface area contributed by atoms with Crippen molar-refractivity contribution in [2.75, 3.05) is 6.61 Å². The molecule has 1 aliphatic heterocycles. The Hall–Kier alpha value is -1.80. The molecular formula is C13H17N5O2S. The van der Waals surface area contributed by atoms with Crippen molar-refractivity contribution in [3.8, 4) is 0 Å². The van der Waals surface area contributed by atoms with Crippen LogP contribution in [-0.4, -0.2) is 37.9 Å². The minimum atomic E-state index is -0.150. The highest BCUT2D eigenvalue weighted by molar-refractivity contribution is 7.07. The third-order valence-electron chi connectivity index (χ3n) is 3.84. The summed E-state index contributed by atoms with van der Waals surface area (Å²) >= 11 is 1.09. The predicted octanol–water partition coefficient (Wildman–Crippen LogP) is 1.15. The Balaban J connectivity index is 1.81. The van der Waals surface area contributed by atoms with Gasteiger partial charge in [0.2, 0.25) is 0 Å². The molecule has 0 aliphatic carbocycles. The van der Waals surface area contributed by atoms with Gasteiger partial charge in [0.1, 0.15) is 11.0 Å². The van der Waals surface area contributed by atoms with E-state index in [1.54, 1.807) is 0 Å². The average Bonchev–Trinajstić information content (AvgIpc) is 3.14. The first-order valence-electron chi connectivity index (χ1n) is 6.78. The van der Waals surface area contributed by atoms with Gasteiger partial charge in [-0.25, -0.2) is 0 Å². The van der Waals surface area contributed by atoms with Gasteiger partial charge in [0.05, 0.1) is 17.9 Å². The molecule has 0 unspecified atom stereocenters. The highest BCUT2D eigenvalue weighted by Gasteiger charge is 2.34. The molecule has 0 saturated carbocycles. The van der Waals surface area contributed by atoms with E-state index in [0.29, 0.717) is 11.5 Å². The second kappa shape index (κ2) is 5.53. The van der Waals surface area contributed by atoms with Crippen molar-refractivity contribution in [3.05, 3.63) is 28.0 Å². The van der Waals surface area contributed by atoms with E-state index >= 15 is 0 Å². The lowest BCUT2D eigenvalue weighted by molar-refractivity contribution is 0.0820. The summed E-state index contributed by atoms with van der Waals surface area (Å²) in [6.07, 6.45) is 2.12. The van der Waals surface area contributed by atoms with Crippen LogP contribution in [0.5, 0.6) is 0 Å². The van der Waals surface area contributed by atoms with Crippen LogP contribution in [0.25, 0.3) is 0 Å². The number of nitrogens with zero attached hydrogens (tertiary/aromatic N) is 4. The van der Waals surface area contributed by atoms with Crippen molar-refractivity contribution in [2.24, 2.45) is 7.05 Å². The number of amides is 1. The number of hydrogen-bond donors (Lipinski definition) is 1. The van der Waals surface area contributed by atoms with Crippen LogP contribution in [0.3, 0.4) is 0 Å². The summed E-state index contributed by atoms with van der Waals surface area (Å²) in [5.41, 5.74) is 3.08. The summed E-state index contributed by atoms with van der Waals surface area (Å²) in [5, 5.41) is 11.1. The standard InChI is InChI=1S/C13H17N5O2S/c1-7-11(8(2)18(3)16-7)12-9(4-5-20-12)15-13(19)10-6-14-17-21-10/h6,9,12H,4-5H2,1-3H3,(H,15,19)/t9-,12-/m0/s1. The molecule has 1 N–H and O–H groups in total. The topological polar surface area (TPSA) is 81.9 Å². The minimum Gasteiger partial charge on any atom is -0.371 e. The molecule has 0 radical (unpaired) electrons. The fourth-order valence-corrected chi connectivity index (χ4v) is 3.15. The second-order valence-electron chi connectivity index (χ2n) is 5.15. The summed E-state index contributed by atoms with van der Waals surface area (Å²) in [4.78, 5) is 12.7. The van der Waals surface area contributed by atoms with Gasteiger partial charge in [-0.15, -0.1) is 5.10 Å². The Morgan fingerprint density at radius 1 is 1.52 bits per heavy atom. The van der Waals surface area contributed by atoms with Crippen molar-refractivity contribution in [2.45, 2.75) is 32.4 Å². The number of ether oxygens (including phenoxy) is 1. The summed E-state index contributed by atoms with van der Waals surface area (Å²) in [5.74, 6) is -0.148. The van der Waals surface area contributed by atoms with Gasteiger partial charge < -0.3 is 10.1 Å². The molecule has 1 saturated heterocycles. The molecule has 1 fully saturated rings. The Labute approximate surface area is 126 Å². The van der Waals surface area contributed by atoms with Gasteiger partial charge in [-0.3, -0.25) is 9.48 Å². The van der Waals surface area contributed by atoms with Crippen LogP contribution in [0.15, 0.2) is 6.20 Å². The van der Waals surface area contributed by atoms with E-state index in [1.165, 1.54) is 6.20 Å². The van der Waals surface area contributed by atoms with Crippen LogP contribution in [0.4, 0.5) is 0 Å². The van der Waals surface area contributed by atoms with Crippen LogP contribution in [-0.2, 0) is 11.8 Å². The molecule has 3 rings (SSSR count). The number of carbonyl (C=O) groups is 1. The van der Waals surface area contributed by atoms with Crippen molar-refractivity contribution in [1.82, 2.24) is 24.7 Å². The lowest BCUT2D eigenvalue weighted by atomic mass is 10.0. The van der Waals surface area contributed by atoms with E-state index < -0.39 is 0 Å². The zero-order valence-corrected chi connectivity index (χ0v) is 13.0. The number of aromatic nitrogens is 4. The highest BCUT2D eigenvalue weighted by atomic mass is 32.1. The molecule has 0 aromatic carbocycles. The third kappa shape index (κ3) is 2.56. The maximum atomic E-state index is 12.2. The fourth-order valence-electron chi connectivity index (χ4n) is 2.73. The molecular weight excluding hydrogens is 290 g/mol. The molecule has 112 valence electrons. The first-order valence-corrected chi connectivity index (χ1v) is 7.55. The van der Waals surface area contributed by atoms with Crippen molar-refractivity contribution >= 4 is 17.4 Å². The maximum Gasteiger partial charge on any atom is 0.264 e. The SMILES string of the molecule is Cc1nn(C)c(C)c1[C@H]1OCC[C@@H]1NC(=O)c1cnns1. The predicted molar refractivity (Wildman–Crippen MR) is 77.2 cm³/mol. The van der Waals surface area contributed by atoms with Crippen molar-refractivity contribution < 1.29 is 9.53 Å². The van der Waals surface area contributed by atoms with Crippen molar-refractivity contribution in [1.29, 1.82) is 0 Å². The summed E-state index contributed by atoms with van der Waals surface area (Å²) in [6.45, 7) is 4.61. The van der Waals surface area contributed by atoms with Crippen LogP contribution in [0.1, 0.15) is 39.1 Å². The molecule has 21 heavy (non-hydrogen) atoms. The van der Waals surface area contributed by atoms with Gasteiger partial charge in [0.15, 0.2) is 0 Å². The van der Waals surface area contributed by atoms with Crippen LogP contribution in [0, 0.1) is 13.8 Å². The van der Waals surface area contributed by atoms with E-state index in [-0.39, 0.29) is 18.1 Å². The average molecular weight is 307 g/mol. The lowest BCUT2D eigenvalue weighted by Crippen LogP contribution is -2.36. The van der Waals surface area contributed by atoms with E-state index in [2.05, 4.69) is 20.0 Å². The summed E-state index contributed by atoms with van der Waals surface area (Å²) < 4.78 is 11.4. The van der Waals surface area contributed by atoms with E-state index in [9.17, 15) is 4.79 Å².